The molecule has 5 heteroatoms. The fourth-order valence-electron chi connectivity index (χ4n) is 2.85. The van der Waals surface area contributed by atoms with Crippen molar-refractivity contribution in [2.45, 2.75) is 12.6 Å². The van der Waals surface area contributed by atoms with Crippen LogP contribution in [0.3, 0.4) is 0 Å². The van der Waals surface area contributed by atoms with E-state index in [0.29, 0.717) is 10.6 Å². The summed E-state index contributed by atoms with van der Waals surface area (Å²) in [5.41, 5.74) is 3.43. The van der Waals surface area contributed by atoms with E-state index in [1.54, 1.807) is 6.20 Å². The Morgan fingerprint density at radius 2 is 1.67 bits per heavy atom. The number of halogens is 1. The molecule has 0 aliphatic rings. The molecular weight excluding hydrogens is 358 g/mol. The first-order chi connectivity index (χ1) is 13.0. The molecule has 4 nitrogen and oxygen atoms in total. The zero-order valence-corrected chi connectivity index (χ0v) is 16.1. The molecule has 0 aliphatic heterocycles. The number of amides is 1. The third kappa shape index (κ3) is 5.16. The van der Waals surface area contributed by atoms with Crippen LogP contribution in [0, 0.1) is 0 Å². The molecule has 0 saturated carbocycles. The normalized spacial score (nSPS) is 12.0. The fraction of sp³-hybridized carbons (Fsp3) is 0.182. The number of rotatable bonds is 6. The first-order valence-corrected chi connectivity index (χ1v) is 9.11. The zero-order valence-electron chi connectivity index (χ0n) is 15.4. The monoisotopic (exact) mass is 379 g/mol. The average molecular weight is 380 g/mol. The minimum atomic E-state index is -0.266. The number of nitrogens with one attached hydrogen (secondary N) is 1. The predicted octanol–water partition coefficient (Wildman–Crippen LogP) is 4.32. The van der Waals surface area contributed by atoms with Gasteiger partial charge in [0.15, 0.2) is 0 Å². The van der Waals surface area contributed by atoms with Crippen molar-refractivity contribution in [2.24, 2.45) is 0 Å². The Kier molecular flexibility index (Phi) is 6.22. The summed E-state index contributed by atoms with van der Waals surface area (Å²) in [5.74, 6) is -0.164. The Bertz CT molecular complexity index is 878. The van der Waals surface area contributed by atoms with Gasteiger partial charge in [0.2, 0.25) is 0 Å². The van der Waals surface area contributed by atoms with Gasteiger partial charge in [-0.2, -0.15) is 0 Å². The van der Waals surface area contributed by atoms with Crippen LogP contribution < -0.4 is 5.32 Å². The Balaban J connectivity index is 1.83. The van der Waals surface area contributed by atoms with Crippen molar-refractivity contribution in [1.29, 1.82) is 0 Å². The highest BCUT2D eigenvalue weighted by molar-refractivity contribution is 6.30. The van der Waals surface area contributed by atoms with Gasteiger partial charge in [-0.25, -0.2) is 0 Å². The summed E-state index contributed by atoms with van der Waals surface area (Å²) in [5, 5.41) is 3.78. The van der Waals surface area contributed by atoms with E-state index in [9.17, 15) is 4.79 Å². The zero-order chi connectivity index (χ0) is 19.2. The Morgan fingerprint density at radius 3 is 2.26 bits per heavy atom. The lowest BCUT2D eigenvalue weighted by molar-refractivity contribution is 0.0942. The second-order valence-corrected chi connectivity index (χ2v) is 7.08. The Hall–Kier alpha value is -2.69. The van der Waals surface area contributed by atoms with Crippen LogP contribution >= 0.6 is 11.6 Å². The van der Waals surface area contributed by atoms with Gasteiger partial charge in [-0.3, -0.25) is 9.78 Å². The van der Waals surface area contributed by atoms with Crippen LogP contribution in [-0.2, 0) is 6.54 Å². The molecule has 3 rings (SSSR count). The number of nitrogens with zero attached hydrogens (tertiary/aromatic N) is 2. The quantitative estimate of drug-likeness (QED) is 0.693. The van der Waals surface area contributed by atoms with Gasteiger partial charge in [0, 0.05) is 17.8 Å². The van der Waals surface area contributed by atoms with Crippen LogP contribution in [0.2, 0.25) is 5.02 Å². The minimum Gasteiger partial charge on any atom is -0.341 e. The van der Waals surface area contributed by atoms with E-state index in [-0.39, 0.29) is 11.9 Å². The van der Waals surface area contributed by atoms with Gasteiger partial charge < -0.3 is 10.2 Å². The van der Waals surface area contributed by atoms with E-state index in [4.69, 9.17) is 11.6 Å². The lowest BCUT2D eigenvalue weighted by Gasteiger charge is -2.20. The van der Waals surface area contributed by atoms with Crippen LogP contribution in [0.5, 0.6) is 0 Å². The maximum atomic E-state index is 12.8. The molecule has 1 N–H and O–H groups in total. The van der Waals surface area contributed by atoms with Gasteiger partial charge in [0.1, 0.15) is 0 Å². The Morgan fingerprint density at radius 1 is 1.00 bits per heavy atom. The number of carbonyl (C=O) groups is 1. The summed E-state index contributed by atoms with van der Waals surface area (Å²) in [6, 6.07) is 20.8. The van der Waals surface area contributed by atoms with Crippen molar-refractivity contribution in [3.05, 3.63) is 100 Å². The number of hydrogen-bond acceptors (Lipinski definition) is 3. The van der Waals surface area contributed by atoms with Crippen LogP contribution in [0.25, 0.3) is 0 Å². The molecular formula is C22H22ClN3O. The maximum Gasteiger partial charge on any atom is 0.253 e. The number of pyridine rings is 1. The highest BCUT2D eigenvalue weighted by Gasteiger charge is 2.18. The molecule has 0 radical (unpaired) electrons. The van der Waals surface area contributed by atoms with Gasteiger partial charge in [0.05, 0.1) is 17.3 Å². The second-order valence-electron chi connectivity index (χ2n) is 6.64. The van der Waals surface area contributed by atoms with Gasteiger partial charge in [-0.15, -0.1) is 0 Å². The first-order valence-electron chi connectivity index (χ1n) is 8.74. The molecule has 138 valence electrons. The molecule has 0 aliphatic carbocycles. The molecule has 2 aromatic carbocycles. The van der Waals surface area contributed by atoms with Crippen LogP contribution in [0.15, 0.2) is 72.9 Å². The lowest BCUT2D eigenvalue weighted by atomic mass is 9.98. The summed E-state index contributed by atoms with van der Waals surface area (Å²) < 4.78 is 0. The smallest absolute Gasteiger partial charge is 0.253 e. The van der Waals surface area contributed by atoms with Crippen molar-refractivity contribution in [2.75, 3.05) is 14.1 Å². The standard InChI is InChI=1S/C22H22ClN3O/c1-26(2)15-20-13-10-18(14-24-20)22(27)25-21(16-6-4-3-5-7-16)17-8-11-19(23)12-9-17/h3-14,21H,15H2,1-2H3,(H,25,27)/t21-/m0/s1. The topological polar surface area (TPSA) is 45.2 Å². The summed E-state index contributed by atoms with van der Waals surface area (Å²) in [6.45, 7) is 0.735. The minimum absolute atomic E-state index is 0.164. The van der Waals surface area contributed by atoms with Gasteiger partial charge in [-0.05, 0) is 49.5 Å². The van der Waals surface area contributed by atoms with Crippen molar-refractivity contribution in [3.8, 4) is 0 Å². The molecule has 1 aromatic heterocycles. The first kappa shape index (κ1) is 19.1. The summed E-state index contributed by atoms with van der Waals surface area (Å²) in [6.07, 6.45) is 1.62. The van der Waals surface area contributed by atoms with Crippen molar-refractivity contribution in [1.82, 2.24) is 15.2 Å². The van der Waals surface area contributed by atoms with Crippen LogP contribution in [0.4, 0.5) is 0 Å². The number of aromatic nitrogens is 1. The second kappa shape index (κ2) is 8.80. The summed E-state index contributed by atoms with van der Waals surface area (Å²) in [4.78, 5) is 19.2. The van der Waals surface area contributed by atoms with Crippen molar-refractivity contribution >= 4 is 17.5 Å². The highest BCUT2D eigenvalue weighted by Crippen LogP contribution is 2.24. The molecule has 27 heavy (non-hydrogen) atoms. The van der Waals surface area contributed by atoms with E-state index in [0.717, 1.165) is 23.4 Å². The van der Waals surface area contributed by atoms with Crippen molar-refractivity contribution < 1.29 is 4.79 Å². The van der Waals surface area contributed by atoms with E-state index >= 15 is 0 Å². The third-order valence-electron chi connectivity index (χ3n) is 4.18. The molecule has 0 fully saturated rings. The third-order valence-corrected chi connectivity index (χ3v) is 4.43. The number of benzene rings is 2. The number of carbonyl (C=O) groups excluding carboxylic acids is 1. The maximum absolute atomic E-state index is 12.8. The van der Waals surface area contributed by atoms with Gasteiger partial charge in [-0.1, -0.05) is 54.1 Å². The molecule has 0 unspecified atom stereocenters. The van der Waals surface area contributed by atoms with E-state index in [1.807, 2.05) is 85.7 Å². The number of hydrogen-bond donors (Lipinski definition) is 1. The average Bonchev–Trinajstić information content (AvgIpc) is 2.67. The summed E-state index contributed by atoms with van der Waals surface area (Å²) in [7, 11) is 3.97. The fourth-order valence-corrected chi connectivity index (χ4v) is 2.98. The molecule has 1 heterocycles. The molecule has 0 bridgehead atoms. The predicted molar refractivity (Wildman–Crippen MR) is 109 cm³/mol. The highest BCUT2D eigenvalue weighted by atomic mass is 35.5. The molecule has 1 atom stereocenters. The van der Waals surface area contributed by atoms with E-state index < -0.39 is 0 Å². The van der Waals surface area contributed by atoms with E-state index in [2.05, 4.69) is 10.3 Å². The SMILES string of the molecule is CN(C)Cc1ccc(C(=O)N[C@@H](c2ccccc2)c2ccc(Cl)cc2)cn1. The van der Waals surface area contributed by atoms with Crippen molar-refractivity contribution in [3.63, 3.8) is 0 Å². The van der Waals surface area contributed by atoms with E-state index in [1.165, 1.54) is 0 Å². The molecule has 0 saturated heterocycles. The van der Waals surface area contributed by atoms with Crippen LogP contribution in [-0.4, -0.2) is 29.9 Å². The molecule has 0 spiro atoms. The van der Waals surface area contributed by atoms with Gasteiger partial charge >= 0.3 is 0 Å². The van der Waals surface area contributed by atoms with Crippen LogP contribution in [0.1, 0.15) is 33.2 Å². The largest absolute Gasteiger partial charge is 0.341 e. The lowest BCUT2D eigenvalue weighted by Crippen LogP contribution is -2.29. The molecule has 3 aromatic rings. The summed E-state index contributed by atoms with van der Waals surface area (Å²) >= 11 is 6.02. The molecule has 1 amide bonds. The van der Waals surface area contributed by atoms with Gasteiger partial charge in [0.25, 0.3) is 5.91 Å². The Labute approximate surface area is 164 Å².